The highest BCUT2D eigenvalue weighted by Crippen LogP contribution is 2.64. The molecule has 24 heavy (non-hydrogen) atoms. The number of aromatic nitrogens is 3. The van der Waals surface area contributed by atoms with Gasteiger partial charge < -0.3 is 5.32 Å². The molecule has 5 rings (SSSR count). The zero-order valence-corrected chi connectivity index (χ0v) is 14.4. The van der Waals surface area contributed by atoms with Gasteiger partial charge in [0.2, 0.25) is 0 Å². The molecular weight excluding hydrogens is 296 g/mol. The molecule has 1 aromatic carbocycles. The Kier molecular flexibility index (Phi) is 3.30. The van der Waals surface area contributed by atoms with Crippen LogP contribution in [0.3, 0.4) is 0 Å². The van der Waals surface area contributed by atoms with E-state index in [1.54, 1.807) is 0 Å². The Hall–Kier alpha value is -1.68. The molecule has 2 atom stereocenters. The molecule has 0 aliphatic heterocycles. The average Bonchev–Trinajstić information content (AvgIpc) is 3.27. The predicted molar refractivity (Wildman–Crippen MR) is 94.2 cm³/mol. The first-order valence-corrected chi connectivity index (χ1v) is 9.41. The molecule has 0 radical (unpaired) electrons. The van der Waals surface area contributed by atoms with Gasteiger partial charge in [0, 0.05) is 25.2 Å². The Balaban J connectivity index is 1.25. The van der Waals surface area contributed by atoms with Gasteiger partial charge in [-0.25, -0.2) is 0 Å². The summed E-state index contributed by atoms with van der Waals surface area (Å²) >= 11 is 0. The van der Waals surface area contributed by atoms with E-state index in [1.807, 2.05) is 17.8 Å². The van der Waals surface area contributed by atoms with Crippen LogP contribution in [0.5, 0.6) is 0 Å². The maximum atomic E-state index is 4.38. The van der Waals surface area contributed by atoms with Crippen molar-refractivity contribution >= 4 is 0 Å². The van der Waals surface area contributed by atoms with E-state index in [4.69, 9.17) is 0 Å². The van der Waals surface area contributed by atoms with Crippen molar-refractivity contribution in [3.8, 4) is 11.3 Å². The zero-order chi connectivity index (χ0) is 16.1. The van der Waals surface area contributed by atoms with E-state index in [1.165, 1.54) is 44.2 Å². The molecule has 1 spiro atoms. The lowest BCUT2D eigenvalue weighted by Crippen LogP contribution is -2.51. The van der Waals surface area contributed by atoms with Crippen molar-refractivity contribution in [2.24, 2.45) is 24.3 Å². The minimum absolute atomic E-state index is 0.683. The monoisotopic (exact) mass is 322 g/mol. The Bertz CT molecular complexity index is 729. The fourth-order valence-corrected chi connectivity index (χ4v) is 5.76. The molecule has 3 fully saturated rings. The van der Waals surface area contributed by atoms with Crippen LogP contribution >= 0.6 is 0 Å². The maximum Gasteiger partial charge on any atom is 0.117 e. The van der Waals surface area contributed by atoms with Crippen molar-refractivity contribution in [1.82, 2.24) is 20.3 Å². The summed E-state index contributed by atoms with van der Waals surface area (Å²) in [5.41, 5.74) is 4.07. The SMILES string of the molecule is Cn1nnc(-c2ccccc2)c1CNC1CC2(CC3CCC2C3)C1. The molecule has 4 heteroatoms. The van der Waals surface area contributed by atoms with Crippen molar-refractivity contribution in [3.05, 3.63) is 36.0 Å². The largest absolute Gasteiger partial charge is 0.308 e. The summed E-state index contributed by atoms with van der Waals surface area (Å²) in [6.07, 6.45) is 8.82. The normalized spacial score (nSPS) is 34.0. The van der Waals surface area contributed by atoms with Crippen LogP contribution in [0.25, 0.3) is 11.3 Å². The summed E-state index contributed by atoms with van der Waals surface area (Å²) in [5.74, 6) is 2.10. The number of aryl methyl sites for hydroxylation is 1. The molecule has 0 amide bonds. The quantitative estimate of drug-likeness (QED) is 0.936. The van der Waals surface area contributed by atoms with Crippen molar-refractivity contribution < 1.29 is 0 Å². The molecule has 126 valence electrons. The van der Waals surface area contributed by atoms with Gasteiger partial charge >= 0.3 is 0 Å². The maximum absolute atomic E-state index is 4.38. The van der Waals surface area contributed by atoms with E-state index in [9.17, 15) is 0 Å². The number of nitrogens with one attached hydrogen (secondary N) is 1. The van der Waals surface area contributed by atoms with Crippen LogP contribution in [0.2, 0.25) is 0 Å². The highest BCUT2D eigenvalue weighted by Gasteiger charge is 2.56. The Labute approximate surface area is 143 Å². The van der Waals surface area contributed by atoms with Crippen LogP contribution in [0.1, 0.15) is 44.2 Å². The van der Waals surface area contributed by atoms with Gasteiger partial charge in [-0.05, 0) is 49.4 Å². The fraction of sp³-hybridized carbons (Fsp3) is 0.600. The second kappa shape index (κ2) is 5.41. The summed E-state index contributed by atoms with van der Waals surface area (Å²) in [4.78, 5) is 0. The lowest BCUT2D eigenvalue weighted by Gasteiger charge is -2.51. The topological polar surface area (TPSA) is 42.7 Å². The minimum Gasteiger partial charge on any atom is -0.308 e. The van der Waals surface area contributed by atoms with E-state index >= 15 is 0 Å². The van der Waals surface area contributed by atoms with Crippen LogP contribution in [0.15, 0.2) is 30.3 Å². The van der Waals surface area contributed by atoms with Crippen molar-refractivity contribution in [2.75, 3.05) is 0 Å². The van der Waals surface area contributed by atoms with Crippen LogP contribution in [-0.4, -0.2) is 21.0 Å². The highest BCUT2D eigenvalue weighted by molar-refractivity contribution is 5.61. The Morgan fingerprint density at radius 2 is 2.00 bits per heavy atom. The van der Waals surface area contributed by atoms with E-state index in [-0.39, 0.29) is 0 Å². The number of hydrogen-bond acceptors (Lipinski definition) is 3. The summed E-state index contributed by atoms with van der Waals surface area (Å²) < 4.78 is 1.92. The smallest absolute Gasteiger partial charge is 0.117 e. The van der Waals surface area contributed by atoms with Crippen LogP contribution < -0.4 is 5.32 Å². The highest BCUT2D eigenvalue weighted by atomic mass is 15.4. The van der Waals surface area contributed by atoms with Gasteiger partial charge in [0.15, 0.2) is 0 Å². The summed E-state index contributed by atoms with van der Waals surface area (Å²) in [5, 5.41) is 12.4. The zero-order valence-electron chi connectivity index (χ0n) is 14.4. The van der Waals surface area contributed by atoms with Gasteiger partial charge in [0.25, 0.3) is 0 Å². The molecule has 1 aromatic heterocycles. The van der Waals surface area contributed by atoms with E-state index < -0.39 is 0 Å². The molecule has 1 N–H and O–H groups in total. The second-order valence-corrected chi connectivity index (χ2v) is 8.30. The molecule has 0 saturated heterocycles. The summed E-state index contributed by atoms with van der Waals surface area (Å²) in [6.45, 7) is 0.864. The van der Waals surface area contributed by atoms with Gasteiger partial charge in [-0.2, -0.15) is 0 Å². The third kappa shape index (κ3) is 2.23. The van der Waals surface area contributed by atoms with Crippen molar-refractivity contribution in [2.45, 2.75) is 51.1 Å². The summed E-state index contributed by atoms with van der Waals surface area (Å²) in [6, 6.07) is 11.1. The molecule has 1 heterocycles. The number of benzene rings is 1. The third-order valence-corrected chi connectivity index (χ3v) is 6.96. The number of fused-ring (bicyclic) bond motifs is 3. The Morgan fingerprint density at radius 3 is 2.71 bits per heavy atom. The first-order valence-electron chi connectivity index (χ1n) is 9.41. The average molecular weight is 322 g/mol. The van der Waals surface area contributed by atoms with Gasteiger partial charge in [-0.1, -0.05) is 42.0 Å². The van der Waals surface area contributed by atoms with Crippen LogP contribution in [0.4, 0.5) is 0 Å². The number of nitrogens with zero attached hydrogens (tertiary/aromatic N) is 3. The molecule has 3 aliphatic carbocycles. The van der Waals surface area contributed by atoms with E-state index in [2.05, 4.69) is 39.9 Å². The van der Waals surface area contributed by atoms with Crippen LogP contribution in [-0.2, 0) is 13.6 Å². The van der Waals surface area contributed by atoms with Gasteiger partial charge in [-0.3, -0.25) is 4.68 Å². The molecular formula is C20H26N4. The van der Waals surface area contributed by atoms with Gasteiger partial charge in [0.05, 0.1) is 5.69 Å². The molecule has 2 unspecified atom stereocenters. The molecule has 2 bridgehead atoms. The molecule has 4 nitrogen and oxygen atoms in total. The predicted octanol–water partition coefficient (Wildman–Crippen LogP) is 3.54. The van der Waals surface area contributed by atoms with Crippen molar-refractivity contribution in [3.63, 3.8) is 0 Å². The molecule has 3 aliphatic rings. The van der Waals surface area contributed by atoms with Crippen molar-refractivity contribution in [1.29, 1.82) is 0 Å². The first kappa shape index (κ1) is 14.6. The second-order valence-electron chi connectivity index (χ2n) is 8.30. The standard InChI is InChI=1S/C20H26N4/c1-24-18(19(22-23-24)15-5-3-2-4-6-15)13-21-17-11-20(12-17)10-14-7-8-16(20)9-14/h2-6,14,16-17,21H,7-13H2,1H3. The lowest BCUT2D eigenvalue weighted by atomic mass is 9.57. The minimum atomic E-state index is 0.683. The Morgan fingerprint density at radius 1 is 1.17 bits per heavy atom. The number of hydrogen-bond donors (Lipinski definition) is 1. The third-order valence-electron chi connectivity index (χ3n) is 6.96. The van der Waals surface area contributed by atoms with E-state index in [0.29, 0.717) is 11.5 Å². The first-order chi connectivity index (χ1) is 11.7. The van der Waals surface area contributed by atoms with Gasteiger partial charge in [-0.15, -0.1) is 5.10 Å². The van der Waals surface area contributed by atoms with Gasteiger partial charge in [0.1, 0.15) is 5.69 Å². The number of rotatable bonds is 4. The lowest BCUT2D eigenvalue weighted by molar-refractivity contribution is 0.0190. The molecule has 2 aromatic rings. The summed E-state index contributed by atoms with van der Waals surface area (Å²) in [7, 11) is 1.99. The molecule has 3 saturated carbocycles. The fourth-order valence-electron chi connectivity index (χ4n) is 5.76. The van der Waals surface area contributed by atoms with E-state index in [0.717, 1.165) is 29.6 Å². The van der Waals surface area contributed by atoms with Crippen LogP contribution in [0, 0.1) is 17.3 Å².